The molecule has 18 heavy (non-hydrogen) atoms. The fourth-order valence-corrected chi connectivity index (χ4v) is 2.03. The van der Waals surface area contributed by atoms with Crippen LogP contribution in [0.4, 0.5) is 0 Å². The molecule has 0 amide bonds. The van der Waals surface area contributed by atoms with Gasteiger partial charge in [-0.05, 0) is 0 Å². The van der Waals surface area contributed by atoms with Gasteiger partial charge in [0.15, 0.2) is 0 Å². The molecule has 0 aliphatic carbocycles. The number of nitrogens with one attached hydrogen (secondary N) is 2. The number of aliphatic hydroxyl groups is 2. The highest BCUT2D eigenvalue weighted by Crippen LogP contribution is 2.33. The lowest BCUT2D eigenvalue weighted by Crippen LogP contribution is -2.35. The zero-order valence-corrected chi connectivity index (χ0v) is 9.62. The van der Waals surface area contributed by atoms with Crippen LogP contribution in [-0.4, -0.2) is 52.2 Å². The molecule has 2 heterocycles. The van der Waals surface area contributed by atoms with Crippen LogP contribution < -0.4 is 11.2 Å². The van der Waals surface area contributed by atoms with E-state index in [4.69, 9.17) is 14.6 Å². The van der Waals surface area contributed by atoms with Gasteiger partial charge in [0.05, 0.1) is 12.2 Å². The number of ether oxygens (including phenoxy) is 2. The molecule has 2 rings (SSSR count). The topological polar surface area (TPSA) is 125 Å². The van der Waals surface area contributed by atoms with Crippen molar-refractivity contribution in [3.05, 3.63) is 32.6 Å². The predicted molar refractivity (Wildman–Crippen MR) is 59.2 cm³/mol. The second-order valence-corrected chi connectivity index (χ2v) is 4.00. The molecule has 0 saturated carbocycles. The smallest absolute Gasteiger partial charge is 0.325 e. The average Bonchev–Trinajstić information content (AvgIpc) is 2.65. The van der Waals surface area contributed by atoms with Crippen LogP contribution in [-0.2, 0) is 9.47 Å². The average molecular weight is 258 g/mol. The summed E-state index contributed by atoms with van der Waals surface area (Å²) in [5, 5.41) is 18.9. The molecule has 1 aromatic heterocycles. The van der Waals surface area contributed by atoms with Crippen molar-refractivity contribution in [2.24, 2.45) is 0 Å². The van der Waals surface area contributed by atoms with Gasteiger partial charge >= 0.3 is 5.69 Å². The molecule has 1 aromatic rings. The summed E-state index contributed by atoms with van der Waals surface area (Å²) in [6.45, 7) is -0.390. The lowest BCUT2D eigenvalue weighted by atomic mass is 10.0. The van der Waals surface area contributed by atoms with Gasteiger partial charge in [0.25, 0.3) is 5.56 Å². The second-order valence-electron chi connectivity index (χ2n) is 4.00. The van der Waals surface area contributed by atoms with Crippen LogP contribution >= 0.6 is 0 Å². The summed E-state index contributed by atoms with van der Waals surface area (Å²) >= 11 is 0. The van der Waals surface area contributed by atoms with Gasteiger partial charge in [0.1, 0.15) is 24.4 Å². The van der Waals surface area contributed by atoms with E-state index in [9.17, 15) is 14.7 Å². The van der Waals surface area contributed by atoms with Crippen molar-refractivity contribution in [3.8, 4) is 0 Å². The van der Waals surface area contributed by atoms with E-state index < -0.39 is 42.3 Å². The van der Waals surface area contributed by atoms with E-state index in [1.165, 1.54) is 13.3 Å². The first kappa shape index (κ1) is 13.0. The first-order valence-corrected chi connectivity index (χ1v) is 5.37. The number of aromatic nitrogens is 2. The molecular weight excluding hydrogens is 244 g/mol. The highest BCUT2D eigenvalue weighted by atomic mass is 16.6. The summed E-state index contributed by atoms with van der Waals surface area (Å²) in [4.78, 5) is 26.9. The number of hydrogen-bond donors (Lipinski definition) is 4. The Morgan fingerprint density at radius 2 is 2.22 bits per heavy atom. The molecule has 4 N–H and O–H groups in total. The Hall–Kier alpha value is -1.48. The fraction of sp³-hybridized carbons (Fsp3) is 0.600. The highest BCUT2D eigenvalue weighted by Gasteiger charge is 2.45. The van der Waals surface area contributed by atoms with Crippen LogP contribution in [0, 0.1) is 0 Å². The zero-order valence-electron chi connectivity index (χ0n) is 9.62. The molecule has 0 radical (unpaired) electrons. The van der Waals surface area contributed by atoms with Crippen LogP contribution in [0.5, 0.6) is 0 Å². The molecule has 1 saturated heterocycles. The molecule has 1 fully saturated rings. The number of hydrogen-bond acceptors (Lipinski definition) is 6. The van der Waals surface area contributed by atoms with Crippen molar-refractivity contribution >= 4 is 0 Å². The first-order chi connectivity index (χ1) is 8.58. The summed E-state index contributed by atoms with van der Waals surface area (Å²) in [6, 6.07) is 0. The SMILES string of the molecule is CO[C@@H]1[C@H](O)[C@@H](CO)O[C@H]1c1c[nH]c(=O)[nH]c1=O. The van der Waals surface area contributed by atoms with E-state index in [1.807, 2.05) is 0 Å². The summed E-state index contributed by atoms with van der Waals surface area (Å²) in [6.07, 6.45) is -2.29. The quantitative estimate of drug-likeness (QED) is 0.491. The van der Waals surface area contributed by atoms with Gasteiger partial charge in [-0.25, -0.2) is 4.79 Å². The lowest BCUT2D eigenvalue weighted by molar-refractivity contribution is -0.0240. The zero-order chi connectivity index (χ0) is 13.3. The van der Waals surface area contributed by atoms with Gasteiger partial charge in [0.2, 0.25) is 0 Å². The Morgan fingerprint density at radius 3 is 2.78 bits per heavy atom. The third-order valence-electron chi connectivity index (χ3n) is 2.94. The molecule has 8 nitrogen and oxygen atoms in total. The van der Waals surface area contributed by atoms with Gasteiger partial charge in [-0.1, -0.05) is 0 Å². The number of aliphatic hydroxyl groups excluding tert-OH is 2. The minimum atomic E-state index is -1.05. The normalized spacial score (nSPS) is 31.7. The van der Waals surface area contributed by atoms with Gasteiger partial charge in [-0.2, -0.15) is 0 Å². The number of H-pyrrole nitrogens is 2. The molecule has 0 unspecified atom stereocenters. The van der Waals surface area contributed by atoms with Gasteiger partial charge in [-0.3, -0.25) is 9.78 Å². The van der Waals surface area contributed by atoms with Gasteiger partial charge < -0.3 is 24.7 Å². The van der Waals surface area contributed by atoms with E-state index in [1.54, 1.807) is 0 Å². The third-order valence-corrected chi connectivity index (χ3v) is 2.94. The van der Waals surface area contributed by atoms with Gasteiger partial charge in [-0.15, -0.1) is 0 Å². The molecule has 1 aliphatic heterocycles. The standard InChI is InChI=1S/C10H14N2O6/c1-17-8-6(14)5(3-13)18-7(8)4-2-11-10(16)12-9(4)15/h2,5-8,13-14H,3H2,1H3,(H2,11,12,15,16)/t5-,6-,7+,8-/m1/s1. The largest absolute Gasteiger partial charge is 0.394 e. The van der Waals surface area contributed by atoms with E-state index in [-0.39, 0.29) is 5.56 Å². The lowest BCUT2D eigenvalue weighted by Gasteiger charge is -2.17. The second kappa shape index (κ2) is 5.02. The minimum absolute atomic E-state index is 0.136. The Labute approximate surface area is 101 Å². The maximum absolute atomic E-state index is 11.6. The molecular formula is C10H14N2O6. The third kappa shape index (κ3) is 2.10. The van der Waals surface area contributed by atoms with Crippen LogP contribution in [0.1, 0.15) is 11.7 Å². The fourth-order valence-electron chi connectivity index (χ4n) is 2.03. The van der Waals surface area contributed by atoms with Crippen LogP contribution in [0.25, 0.3) is 0 Å². The Balaban J connectivity index is 2.38. The van der Waals surface area contributed by atoms with Crippen LogP contribution in [0.15, 0.2) is 15.8 Å². The summed E-state index contributed by atoms with van der Waals surface area (Å²) < 4.78 is 10.4. The number of aromatic amines is 2. The van der Waals surface area contributed by atoms with Crippen LogP contribution in [0.2, 0.25) is 0 Å². The summed E-state index contributed by atoms with van der Waals surface area (Å²) in [7, 11) is 1.36. The first-order valence-electron chi connectivity index (χ1n) is 5.37. The summed E-state index contributed by atoms with van der Waals surface area (Å²) in [5.74, 6) is 0. The van der Waals surface area contributed by atoms with Crippen molar-refractivity contribution in [2.45, 2.75) is 24.4 Å². The van der Waals surface area contributed by atoms with Crippen molar-refractivity contribution in [2.75, 3.05) is 13.7 Å². The molecule has 0 aromatic carbocycles. The molecule has 0 bridgehead atoms. The van der Waals surface area contributed by atoms with E-state index in [0.29, 0.717) is 0 Å². The predicted octanol–water partition coefficient (Wildman–Crippen LogP) is -2.13. The van der Waals surface area contributed by atoms with Crippen LogP contribution in [0.3, 0.4) is 0 Å². The van der Waals surface area contributed by atoms with E-state index in [2.05, 4.69) is 9.97 Å². The van der Waals surface area contributed by atoms with Crippen molar-refractivity contribution < 1.29 is 19.7 Å². The number of methoxy groups -OCH3 is 1. The molecule has 0 spiro atoms. The van der Waals surface area contributed by atoms with Crippen molar-refractivity contribution in [3.63, 3.8) is 0 Å². The molecule has 1 aliphatic rings. The minimum Gasteiger partial charge on any atom is -0.394 e. The molecule has 8 heteroatoms. The Bertz CT molecular complexity index is 524. The molecule has 100 valence electrons. The maximum Gasteiger partial charge on any atom is 0.325 e. The van der Waals surface area contributed by atoms with E-state index in [0.717, 1.165) is 0 Å². The van der Waals surface area contributed by atoms with Gasteiger partial charge in [0, 0.05) is 13.3 Å². The Kier molecular flexibility index (Phi) is 3.62. The maximum atomic E-state index is 11.6. The number of rotatable bonds is 3. The van der Waals surface area contributed by atoms with Crippen molar-refractivity contribution in [1.82, 2.24) is 9.97 Å². The highest BCUT2D eigenvalue weighted by molar-refractivity contribution is 5.13. The monoisotopic (exact) mass is 258 g/mol. The molecule has 4 atom stereocenters. The Morgan fingerprint density at radius 1 is 1.50 bits per heavy atom. The van der Waals surface area contributed by atoms with Crippen molar-refractivity contribution in [1.29, 1.82) is 0 Å². The summed E-state index contributed by atoms with van der Waals surface area (Å²) in [5.41, 5.74) is -1.11. The van der Waals surface area contributed by atoms with E-state index >= 15 is 0 Å².